The van der Waals surface area contributed by atoms with E-state index in [1.807, 2.05) is 0 Å². The van der Waals surface area contributed by atoms with Crippen LogP contribution >= 0.6 is 0 Å². The molecule has 7 heteroatoms. The third-order valence-electron chi connectivity index (χ3n) is 4.84. The van der Waals surface area contributed by atoms with E-state index in [0.29, 0.717) is 11.8 Å². The molecule has 2 rings (SSSR count). The maximum absolute atomic E-state index is 12.9. The fraction of sp³-hybridized carbons (Fsp3) is 0.556. The summed E-state index contributed by atoms with van der Waals surface area (Å²) in [6, 6.07) is 4.35. The average Bonchev–Trinajstić information content (AvgIpc) is 2.56. The first-order valence-corrected chi connectivity index (χ1v) is 8.33. The molecule has 0 unspecified atom stereocenters. The molecule has 0 aliphatic heterocycles. The molecular formula is C18H22F3NO3. The Hall–Kier alpha value is -2.05. The van der Waals surface area contributed by atoms with Gasteiger partial charge in [-0.2, -0.15) is 13.2 Å². The lowest BCUT2D eigenvalue weighted by atomic mass is 9.78. The summed E-state index contributed by atoms with van der Waals surface area (Å²) in [6.07, 6.45) is -1.69. The maximum Gasteiger partial charge on any atom is 0.417 e. The molecule has 4 nitrogen and oxygen atoms in total. The quantitative estimate of drug-likeness (QED) is 0.834. The van der Waals surface area contributed by atoms with E-state index in [1.165, 1.54) is 12.1 Å². The van der Waals surface area contributed by atoms with Crippen LogP contribution in [0, 0.1) is 11.8 Å². The Morgan fingerprint density at radius 1 is 1.20 bits per heavy atom. The van der Waals surface area contributed by atoms with E-state index in [4.69, 9.17) is 4.74 Å². The first-order chi connectivity index (χ1) is 11.7. The normalized spacial score (nSPS) is 23.8. The third-order valence-corrected chi connectivity index (χ3v) is 4.84. The summed E-state index contributed by atoms with van der Waals surface area (Å²) < 4.78 is 43.5. The Morgan fingerprint density at radius 2 is 1.88 bits per heavy atom. The van der Waals surface area contributed by atoms with Gasteiger partial charge in [0.2, 0.25) is 0 Å². The zero-order valence-electron chi connectivity index (χ0n) is 14.2. The summed E-state index contributed by atoms with van der Waals surface area (Å²) in [5.41, 5.74) is -1.67. The standard InChI is InChI=1S/C18H22F3NO3/c1-11-6-5-9-15(12(11)2)22-16(23)10-25-17(24)13-7-3-4-8-14(13)18(19,20)21/h3-4,7-8,11-12,15H,5-6,9-10H2,1-2H3,(H,22,23)/t11-,12+,15+/m1/s1. The Morgan fingerprint density at radius 3 is 2.56 bits per heavy atom. The molecule has 0 heterocycles. The fourth-order valence-electron chi connectivity index (χ4n) is 3.15. The van der Waals surface area contributed by atoms with Crippen LogP contribution in [0.1, 0.15) is 49.0 Å². The molecule has 0 aromatic heterocycles. The van der Waals surface area contributed by atoms with Crippen LogP contribution in [-0.2, 0) is 15.7 Å². The van der Waals surface area contributed by atoms with Gasteiger partial charge in [0, 0.05) is 6.04 Å². The van der Waals surface area contributed by atoms with Crippen LogP contribution in [0.3, 0.4) is 0 Å². The molecule has 0 bridgehead atoms. The van der Waals surface area contributed by atoms with Gasteiger partial charge < -0.3 is 10.1 Å². The van der Waals surface area contributed by atoms with Crippen LogP contribution in [0.15, 0.2) is 24.3 Å². The second-order valence-corrected chi connectivity index (χ2v) is 6.56. The number of esters is 1. The minimum Gasteiger partial charge on any atom is -0.452 e. The number of rotatable bonds is 4. The molecule has 3 atom stereocenters. The first kappa shape index (κ1) is 19.3. The maximum atomic E-state index is 12.9. The summed E-state index contributed by atoms with van der Waals surface area (Å²) in [5, 5.41) is 2.81. The van der Waals surface area contributed by atoms with Gasteiger partial charge in [-0.15, -0.1) is 0 Å². The average molecular weight is 357 g/mol. The van der Waals surface area contributed by atoms with Crippen LogP contribution < -0.4 is 5.32 Å². The van der Waals surface area contributed by atoms with Crippen molar-refractivity contribution in [2.75, 3.05) is 6.61 Å². The second-order valence-electron chi connectivity index (χ2n) is 6.56. The second kappa shape index (κ2) is 7.89. The lowest BCUT2D eigenvalue weighted by molar-refractivity contribution is -0.138. The predicted octanol–water partition coefficient (Wildman–Crippen LogP) is 3.80. The number of hydrogen-bond donors (Lipinski definition) is 1. The number of carbonyl (C=O) groups is 2. The fourth-order valence-corrected chi connectivity index (χ4v) is 3.15. The molecule has 1 aromatic carbocycles. The Labute approximate surface area is 144 Å². The van der Waals surface area contributed by atoms with E-state index < -0.39 is 35.8 Å². The van der Waals surface area contributed by atoms with Crippen LogP contribution in [0.4, 0.5) is 13.2 Å². The highest BCUT2D eigenvalue weighted by molar-refractivity contribution is 5.93. The van der Waals surface area contributed by atoms with Crippen molar-refractivity contribution in [2.45, 2.75) is 45.3 Å². The predicted molar refractivity (Wildman–Crippen MR) is 85.8 cm³/mol. The van der Waals surface area contributed by atoms with Crippen molar-refractivity contribution in [2.24, 2.45) is 11.8 Å². The van der Waals surface area contributed by atoms with Crippen molar-refractivity contribution >= 4 is 11.9 Å². The third kappa shape index (κ3) is 4.96. The van der Waals surface area contributed by atoms with Gasteiger partial charge in [0.05, 0.1) is 11.1 Å². The molecule has 0 saturated heterocycles. The molecule has 1 N–H and O–H groups in total. The Bertz CT molecular complexity index is 630. The van der Waals surface area contributed by atoms with Gasteiger partial charge in [0.15, 0.2) is 6.61 Å². The summed E-state index contributed by atoms with van der Waals surface area (Å²) in [5.74, 6) is -0.864. The van der Waals surface area contributed by atoms with Crippen molar-refractivity contribution in [3.05, 3.63) is 35.4 Å². The summed E-state index contributed by atoms with van der Waals surface area (Å²) >= 11 is 0. The van der Waals surface area contributed by atoms with E-state index in [1.54, 1.807) is 0 Å². The van der Waals surface area contributed by atoms with Gasteiger partial charge in [-0.1, -0.05) is 38.8 Å². The van der Waals surface area contributed by atoms with Crippen LogP contribution in [0.25, 0.3) is 0 Å². The highest BCUT2D eigenvalue weighted by atomic mass is 19.4. The molecule has 25 heavy (non-hydrogen) atoms. The van der Waals surface area contributed by atoms with Crippen molar-refractivity contribution in [1.29, 1.82) is 0 Å². The monoisotopic (exact) mass is 357 g/mol. The van der Waals surface area contributed by atoms with E-state index in [-0.39, 0.29) is 6.04 Å². The van der Waals surface area contributed by atoms with Crippen molar-refractivity contribution in [3.8, 4) is 0 Å². The van der Waals surface area contributed by atoms with Gasteiger partial charge >= 0.3 is 12.1 Å². The smallest absolute Gasteiger partial charge is 0.417 e. The Kier molecular flexibility index (Phi) is 6.08. The van der Waals surface area contributed by atoms with E-state index in [2.05, 4.69) is 19.2 Å². The first-order valence-electron chi connectivity index (χ1n) is 8.33. The molecule has 1 saturated carbocycles. The lowest BCUT2D eigenvalue weighted by Crippen LogP contribution is -2.45. The number of carbonyl (C=O) groups excluding carboxylic acids is 2. The minimum atomic E-state index is -4.66. The zero-order valence-corrected chi connectivity index (χ0v) is 14.2. The molecule has 1 aliphatic carbocycles. The number of halogens is 3. The van der Waals surface area contributed by atoms with Gasteiger partial charge in [0.25, 0.3) is 5.91 Å². The molecule has 1 fully saturated rings. The number of nitrogens with one attached hydrogen (secondary N) is 1. The lowest BCUT2D eigenvalue weighted by Gasteiger charge is -2.34. The number of amides is 1. The van der Waals surface area contributed by atoms with E-state index in [9.17, 15) is 22.8 Å². The number of ether oxygens (including phenoxy) is 1. The Balaban J connectivity index is 1.93. The van der Waals surface area contributed by atoms with Gasteiger partial charge in [-0.05, 0) is 30.4 Å². The molecule has 0 radical (unpaired) electrons. The van der Waals surface area contributed by atoms with Crippen LogP contribution in [0.2, 0.25) is 0 Å². The number of hydrogen-bond acceptors (Lipinski definition) is 3. The van der Waals surface area contributed by atoms with E-state index in [0.717, 1.165) is 31.4 Å². The van der Waals surface area contributed by atoms with Crippen LogP contribution in [0.5, 0.6) is 0 Å². The van der Waals surface area contributed by atoms with Crippen molar-refractivity contribution < 1.29 is 27.5 Å². The topological polar surface area (TPSA) is 55.4 Å². The minimum absolute atomic E-state index is 0.00239. The van der Waals surface area contributed by atoms with E-state index >= 15 is 0 Å². The summed E-state index contributed by atoms with van der Waals surface area (Å²) in [7, 11) is 0. The van der Waals surface area contributed by atoms with Crippen molar-refractivity contribution in [3.63, 3.8) is 0 Å². The van der Waals surface area contributed by atoms with Crippen LogP contribution in [-0.4, -0.2) is 24.5 Å². The summed E-state index contributed by atoms with van der Waals surface area (Å²) in [4.78, 5) is 23.9. The molecule has 1 aromatic rings. The molecule has 0 spiro atoms. The highest BCUT2D eigenvalue weighted by Gasteiger charge is 2.35. The zero-order chi connectivity index (χ0) is 18.6. The van der Waals surface area contributed by atoms with Gasteiger partial charge in [-0.25, -0.2) is 4.79 Å². The van der Waals surface area contributed by atoms with Gasteiger partial charge in [0.1, 0.15) is 0 Å². The molecule has 138 valence electrons. The number of alkyl halides is 3. The van der Waals surface area contributed by atoms with Crippen molar-refractivity contribution in [1.82, 2.24) is 5.32 Å². The molecule has 1 amide bonds. The molecule has 1 aliphatic rings. The highest BCUT2D eigenvalue weighted by Crippen LogP contribution is 2.32. The summed E-state index contributed by atoms with van der Waals surface area (Å²) in [6.45, 7) is 3.58. The molecular weight excluding hydrogens is 335 g/mol. The van der Waals surface area contributed by atoms with Gasteiger partial charge in [-0.3, -0.25) is 4.79 Å². The number of benzene rings is 1. The SMILES string of the molecule is C[C@H]1[C@H](C)CCC[C@@H]1NC(=O)COC(=O)c1ccccc1C(F)(F)F. The largest absolute Gasteiger partial charge is 0.452 e.